The minimum atomic E-state index is -0.679. The number of carbonyl (C=O) groups is 1. The van der Waals surface area contributed by atoms with Crippen LogP contribution in [0, 0.1) is 0 Å². The summed E-state index contributed by atoms with van der Waals surface area (Å²) in [6.07, 6.45) is 1.17. The smallest absolute Gasteiger partial charge is 0.306 e. The van der Waals surface area contributed by atoms with E-state index in [0.29, 0.717) is 19.4 Å². The highest BCUT2D eigenvalue weighted by molar-refractivity contribution is 5.73. The van der Waals surface area contributed by atoms with E-state index in [1.807, 2.05) is 60.7 Å². The third-order valence-corrected chi connectivity index (χ3v) is 4.57. The van der Waals surface area contributed by atoms with Gasteiger partial charge in [0.2, 0.25) is 0 Å². The lowest BCUT2D eigenvalue weighted by Crippen LogP contribution is -2.66. The molecular formula is C18H16O3. The number of esters is 1. The number of benzene rings is 2. The van der Waals surface area contributed by atoms with Gasteiger partial charge in [0.1, 0.15) is 0 Å². The van der Waals surface area contributed by atoms with Crippen LogP contribution in [0.25, 0.3) is 0 Å². The van der Waals surface area contributed by atoms with Crippen LogP contribution in [0.1, 0.15) is 24.0 Å². The molecule has 0 N–H and O–H groups in total. The highest BCUT2D eigenvalue weighted by atomic mass is 16.6. The van der Waals surface area contributed by atoms with Gasteiger partial charge in [0.15, 0.2) is 11.2 Å². The van der Waals surface area contributed by atoms with Gasteiger partial charge in [0.25, 0.3) is 0 Å². The van der Waals surface area contributed by atoms with Crippen molar-refractivity contribution in [3.8, 4) is 0 Å². The van der Waals surface area contributed by atoms with Gasteiger partial charge in [-0.1, -0.05) is 60.7 Å². The molecule has 0 saturated carbocycles. The fourth-order valence-corrected chi connectivity index (χ4v) is 3.56. The molecule has 1 unspecified atom stereocenters. The maximum Gasteiger partial charge on any atom is 0.306 e. The minimum Gasteiger partial charge on any atom is -0.453 e. The number of hydrogen-bond acceptors (Lipinski definition) is 3. The Hall–Kier alpha value is -2.13. The summed E-state index contributed by atoms with van der Waals surface area (Å²) >= 11 is 0. The van der Waals surface area contributed by atoms with Crippen LogP contribution in [0.5, 0.6) is 0 Å². The molecule has 0 aliphatic carbocycles. The Bertz CT molecular complexity index is 626. The number of carbonyl (C=O) groups excluding carboxylic acids is 1. The Morgan fingerprint density at radius 3 is 1.81 bits per heavy atom. The molecule has 3 nitrogen and oxygen atoms in total. The molecule has 0 amide bonds. The van der Waals surface area contributed by atoms with Gasteiger partial charge >= 0.3 is 5.97 Å². The van der Waals surface area contributed by atoms with Gasteiger partial charge in [-0.05, 0) is 11.1 Å². The van der Waals surface area contributed by atoms with E-state index in [1.165, 1.54) is 0 Å². The highest BCUT2D eigenvalue weighted by Gasteiger charge is 2.67. The summed E-state index contributed by atoms with van der Waals surface area (Å²) in [4.78, 5) is 11.7. The summed E-state index contributed by atoms with van der Waals surface area (Å²) in [5.41, 5.74) is 0.836. The molecule has 2 heterocycles. The molecule has 1 atom stereocenters. The first-order chi connectivity index (χ1) is 10.3. The van der Waals surface area contributed by atoms with Crippen LogP contribution < -0.4 is 0 Å². The summed E-state index contributed by atoms with van der Waals surface area (Å²) in [6, 6.07) is 20.1. The van der Waals surface area contributed by atoms with Crippen molar-refractivity contribution in [2.75, 3.05) is 6.61 Å². The normalized spacial score (nSPS) is 26.4. The van der Waals surface area contributed by atoms with E-state index >= 15 is 0 Å². The fraction of sp³-hybridized carbons (Fsp3) is 0.278. The average Bonchev–Trinajstić information content (AvgIpc) is 2.94. The first-order valence-electron chi connectivity index (χ1n) is 7.24. The maximum atomic E-state index is 11.7. The third-order valence-electron chi connectivity index (χ3n) is 4.57. The fourth-order valence-electron chi connectivity index (χ4n) is 3.56. The van der Waals surface area contributed by atoms with Crippen molar-refractivity contribution in [3.05, 3.63) is 71.8 Å². The molecular weight excluding hydrogens is 264 g/mol. The van der Waals surface area contributed by atoms with Gasteiger partial charge in [-0.3, -0.25) is 4.79 Å². The van der Waals surface area contributed by atoms with Gasteiger partial charge in [0, 0.05) is 12.8 Å². The number of hydrogen-bond donors (Lipinski definition) is 0. The molecule has 2 fully saturated rings. The van der Waals surface area contributed by atoms with Crippen LogP contribution in [0.3, 0.4) is 0 Å². The summed E-state index contributed by atoms with van der Waals surface area (Å²) in [7, 11) is 0. The van der Waals surface area contributed by atoms with E-state index in [4.69, 9.17) is 9.47 Å². The van der Waals surface area contributed by atoms with Crippen molar-refractivity contribution < 1.29 is 14.3 Å². The molecule has 0 radical (unpaired) electrons. The molecule has 106 valence electrons. The molecule has 2 aromatic carbocycles. The van der Waals surface area contributed by atoms with Gasteiger partial charge in [-0.15, -0.1) is 0 Å². The first-order valence-corrected chi connectivity index (χ1v) is 7.24. The molecule has 0 aromatic heterocycles. The lowest BCUT2D eigenvalue weighted by Gasteiger charge is -2.55. The first kappa shape index (κ1) is 12.6. The zero-order chi connectivity index (χ0) is 14.3. The molecule has 3 heteroatoms. The van der Waals surface area contributed by atoms with Crippen molar-refractivity contribution in [2.45, 2.75) is 24.0 Å². The summed E-state index contributed by atoms with van der Waals surface area (Å²) < 4.78 is 11.8. The second-order valence-corrected chi connectivity index (χ2v) is 5.67. The van der Waals surface area contributed by atoms with E-state index in [2.05, 4.69) is 0 Å². The van der Waals surface area contributed by atoms with Crippen LogP contribution in [-0.4, -0.2) is 18.2 Å². The topological polar surface area (TPSA) is 35.5 Å². The Morgan fingerprint density at radius 2 is 1.43 bits per heavy atom. The summed E-state index contributed by atoms with van der Waals surface area (Å²) in [5.74, 6) is -0.130. The molecule has 1 spiro atoms. The van der Waals surface area contributed by atoms with E-state index in [1.54, 1.807) is 0 Å². The minimum absolute atomic E-state index is 0.130. The lowest BCUT2D eigenvalue weighted by molar-refractivity contribution is -0.287. The SMILES string of the molecule is O=C1CCC2(COC2(c2ccccc2)c2ccccc2)O1. The van der Waals surface area contributed by atoms with Gasteiger partial charge < -0.3 is 9.47 Å². The van der Waals surface area contributed by atoms with Crippen LogP contribution in [0.4, 0.5) is 0 Å². The zero-order valence-electron chi connectivity index (χ0n) is 11.6. The van der Waals surface area contributed by atoms with Crippen LogP contribution in [-0.2, 0) is 19.9 Å². The number of rotatable bonds is 2. The number of ether oxygens (including phenoxy) is 2. The van der Waals surface area contributed by atoms with Gasteiger partial charge in [-0.2, -0.15) is 0 Å². The van der Waals surface area contributed by atoms with E-state index in [0.717, 1.165) is 11.1 Å². The van der Waals surface area contributed by atoms with Crippen molar-refractivity contribution >= 4 is 5.97 Å². The predicted octanol–water partition coefficient (Wildman–Crippen LogP) is 3.04. The van der Waals surface area contributed by atoms with Crippen molar-refractivity contribution in [3.63, 3.8) is 0 Å². The molecule has 2 aromatic rings. The van der Waals surface area contributed by atoms with E-state index < -0.39 is 11.2 Å². The van der Waals surface area contributed by atoms with Crippen LogP contribution in [0.2, 0.25) is 0 Å². The van der Waals surface area contributed by atoms with Crippen molar-refractivity contribution in [1.82, 2.24) is 0 Å². The van der Waals surface area contributed by atoms with E-state index in [-0.39, 0.29) is 5.97 Å². The quantitative estimate of drug-likeness (QED) is 0.793. The third kappa shape index (κ3) is 1.61. The predicted molar refractivity (Wildman–Crippen MR) is 77.7 cm³/mol. The molecule has 2 aliphatic rings. The Labute approximate surface area is 123 Å². The average molecular weight is 280 g/mol. The molecule has 21 heavy (non-hydrogen) atoms. The van der Waals surface area contributed by atoms with Crippen molar-refractivity contribution in [2.24, 2.45) is 0 Å². The van der Waals surface area contributed by atoms with Gasteiger partial charge in [-0.25, -0.2) is 0 Å². The Kier molecular flexibility index (Phi) is 2.66. The summed E-state index contributed by atoms with van der Waals surface area (Å²) in [6.45, 7) is 0.461. The van der Waals surface area contributed by atoms with Crippen LogP contribution in [0.15, 0.2) is 60.7 Å². The summed E-state index contributed by atoms with van der Waals surface area (Å²) in [5, 5.41) is 0. The highest BCUT2D eigenvalue weighted by Crippen LogP contribution is 2.56. The monoisotopic (exact) mass is 280 g/mol. The molecule has 4 rings (SSSR count). The Morgan fingerprint density at radius 1 is 0.857 bits per heavy atom. The van der Waals surface area contributed by atoms with Crippen molar-refractivity contribution in [1.29, 1.82) is 0 Å². The molecule has 2 saturated heterocycles. The van der Waals surface area contributed by atoms with Crippen LogP contribution >= 0.6 is 0 Å². The zero-order valence-corrected chi connectivity index (χ0v) is 11.6. The molecule has 2 aliphatic heterocycles. The standard InChI is InChI=1S/C18H16O3/c19-16-11-12-17(21-16)13-20-18(17,14-7-3-1-4-8-14)15-9-5-2-6-10-15/h1-10H,11-13H2. The molecule has 0 bridgehead atoms. The van der Waals surface area contributed by atoms with Gasteiger partial charge in [0.05, 0.1) is 6.61 Å². The maximum absolute atomic E-state index is 11.7. The van der Waals surface area contributed by atoms with E-state index in [9.17, 15) is 4.79 Å². The largest absolute Gasteiger partial charge is 0.453 e. The Balaban J connectivity index is 1.91. The second kappa shape index (κ2) is 4.43. The second-order valence-electron chi connectivity index (χ2n) is 5.67. The lowest BCUT2D eigenvalue weighted by atomic mass is 9.67.